The fourth-order valence-electron chi connectivity index (χ4n) is 1.16. The van der Waals surface area contributed by atoms with E-state index in [1.807, 2.05) is 0 Å². The molecule has 0 aliphatic rings. The minimum atomic E-state index is -0.879. The van der Waals surface area contributed by atoms with E-state index < -0.39 is 17.5 Å². The monoisotopic (exact) mass is 334 g/mol. The van der Waals surface area contributed by atoms with E-state index in [9.17, 15) is 9.59 Å². The Morgan fingerprint density at radius 2 is 1.00 bits per heavy atom. The second kappa shape index (κ2) is 10.9. The zero-order valence-corrected chi connectivity index (χ0v) is 13.8. The van der Waals surface area contributed by atoms with Crippen molar-refractivity contribution in [2.45, 2.75) is 26.4 Å². The topological polar surface area (TPSA) is 104 Å². The van der Waals surface area contributed by atoms with Crippen LogP contribution in [0.15, 0.2) is 60.7 Å². The maximum atomic E-state index is 10.2. The van der Waals surface area contributed by atoms with Gasteiger partial charge in [-0.25, -0.2) is 14.5 Å². The maximum absolute atomic E-state index is 10.2. The summed E-state index contributed by atoms with van der Waals surface area (Å²) in [4.78, 5) is 24.3. The Labute approximate surface area is 140 Å². The van der Waals surface area contributed by atoms with Gasteiger partial charge < -0.3 is 10.2 Å². The zero-order chi connectivity index (χ0) is 18.6. The summed E-state index contributed by atoms with van der Waals surface area (Å²) < 4.78 is 0. The first-order chi connectivity index (χ1) is 11.2. The molecule has 130 valence electrons. The summed E-state index contributed by atoms with van der Waals surface area (Å²) in [5.41, 5.74) is 0.259. The van der Waals surface area contributed by atoms with E-state index in [0.29, 0.717) is 11.1 Å². The largest absolute Gasteiger partial charge is 0.478 e. The molecule has 0 radical (unpaired) electrons. The van der Waals surface area contributed by atoms with Gasteiger partial charge >= 0.3 is 11.9 Å². The van der Waals surface area contributed by atoms with Crippen molar-refractivity contribution in [3.63, 3.8) is 0 Å². The molecule has 0 heterocycles. The second-order valence-corrected chi connectivity index (χ2v) is 5.55. The standard InChI is InChI=1S/2C7H6O2.C4H10O2/c2*8-7(9)6-4-2-1-3-5-6;1-4(2,3)6-5/h2*1-5H,(H,8,9);5H,1-3H3. The van der Waals surface area contributed by atoms with Crippen LogP contribution in [0.4, 0.5) is 0 Å². The van der Waals surface area contributed by atoms with Crippen LogP contribution >= 0.6 is 0 Å². The Bertz CT molecular complexity index is 553. The molecule has 0 fully saturated rings. The van der Waals surface area contributed by atoms with Crippen LogP contribution < -0.4 is 0 Å². The molecule has 0 aromatic heterocycles. The average Bonchev–Trinajstić information content (AvgIpc) is 2.57. The normalized spacial score (nSPS) is 9.67. The number of carboxylic acids is 2. The van der Waals surface area contributed by atoms with Crippen molar-refractivity contribution in [2.75, 3.05) is 0 Å². The van der Waals surface area contributed by atoms with E-state index in [1.165, 1.54) is 0 Å². The van der Waals surface area contributed by atoms with Gasteiger partial charge in [0.05, 0.1) is 16.7 Å². The molecule has 0 aliphatic heterocycles. The predicted octanol–water partition coefficient (Wildman–Crippen LogP) is 4.04. The first kappa shape index (κ1) is 21.3. The molecule has 2 aromatic carbocycles. The number of benzene rings is 2. The van der Waals surface area contributed by atoms with Gasteiger partial charge in [-0.15, -0.1) is 0 Å². The Morgan fingerprint density at radius 1 is 0.750 bits per heavy atom. The number of aromatic carboxylic acids is 2. The zero-order valence-electron chi connectivity index (χ0n) is 13.8. The summed E-state index contributed by atoms with van der Waals surface area (Å²) in [5, 5.41) is 24.7. The SMILES string of the molecule is CC(C)(C)OO.O=C(O)c1ccccc1.O=C(O)c1ccccc1. The summed E-state index contributed by atoms with van der Waals surface area (Å²) in [5.74, 6) is -1.76. The van der Waals surface area contributed by atoms with Crippen LogP contribution in [0.1, 0.15) is 41.5 Å². The number of carboxylic acid groups (broad SMARTS) is 2. The summed E-state index contributed by atoms with van der Waals surface area (Å²) in [6.45, 7) is 5.31. The van der Waals surface area contributed by atoms with E-state index >= 15 is 0 Å². The van der Waals surface area contributed by atoms with E-state index in [1.54, 1.807) is 81.4 Å². The molecule has 0 aliphatic carbocycles. The molecule has 24 heavy (non-hydrogen) atoms. The van der Waals surface area contributed by atoms with Gasteiger partial charge in [0.1, 0.15) is 0 Å². The lowest BCUT2D eigenvalue weighted by atomic mass is 10.2. The summed E-state index contributed by atoms with van der Waals surface area (Å²) in [7, 11) is 0. The lowest BCUT2D eigenvalue weighted by Gasteiger charge is -2.10. The molecule has 2 rings (SSSR count). The molecule has 0 bridgehead atoms. The van der Waals surface area contributed by atoms with Crippen LogP contribution in [0, 0.1) is 0 Å². The maximum Gasteiger partial charge on any atom is 0.335 e. The quantitative estimate of drug-likeness (QED) is 0.565. The van der Waals surface area contributed by atoms with Crippen molar-refractivity contribution in [1.82, 2.24) is 0 Å². The number of hydrogen-bond donors (Lipinski definition) is 3. The molecule has 0 spiro atoms. The second-order valence-electron chi connectivity index (χ2n) is 5.55. The van der Waals surface area contributed by atoms with Crippen molar-refractivity contribution < 1.29 is 29.9 Å². The van der Waals surface area contributed by atoms with Gasteiger partial charge in [-0.1, -0.05) is 36.4 Å². The van der Waals surface area contributed by atoms with Crippen LogP contribution in [0.25, 0.3) is 0 Å². The molecular weight excluding hydrogens is 312 g/mol. The highest BCUT2D eigenvalue weighted by atomic mass is 17.1. The van der Waals surface area contributed by atoms with Gasteiger partial charge in [-0.2, -0.15) is 0 Å². The molecule has 2 aromatic rings. The van der Waals surface area contributed by atoms with Crippen molar-refractivity contribution in [1.29, 1.82) is 0 Å². The minimum Gasteiger partial charge on any atom is -0.478 e. The average molecular weight is 334 g/mol. The van der Waals surface area contributed by atoms with Gasteiger partial charge in [-0.05, 0) is 45.0 Å². The molecule has 0 saturated heterocycles. The van der Waals surface area contributed by atoms with Crippen molar-refractivity contribution in [3.05, 3.63) is 71.8 Å². The minimum absolute atomic E-state index is 0.331. The first-order valence-corrected chi connectivity index (χ1v) is 7.06. The molecule has 0 saturated carbocycles. The van der Waals surface area contributed by atoms with Crippen molar-refractivity contribution in [2.24, 2.45) is 0 Å². The van der Waals surface area contributed by atoms with E-state index in [0.717, 1.165) is 0 Å². The Balaban J connectivity index is 0.000000340. The predicted molar refractivity (Wildman–Crippen MR) is 90.3 cm³/mol. The highest BCUT2D eigenvalue weighted by molar-refractivity contribution is 5.87. The van der Waals surface area contributed by atoms with Gasteiger partial charge in [0.25, 0.3) is 0 Å². The van der Waals surface area contributed by atoms with E-state index in [2.05, 4.69) is 4.89 Å². The van der Waals surface area contributed by atoms with Gasteiger partial charge in [0, 0.05) is 0 Å². The fourth-order valence-corrected chi connectivity index (χ4v) is 1.16. The summed E-state index contributed by atoms with van der Waals surface area (Å²) in [6.07, 6.45) is 0. The summed E-state index contributed by atoms with van der Waals surface area (Å²) >= 11 is 0. The van der Waals surface area contributed by atoms with Gasteiger partial charge in [-0.3, -0.25) is 5.26 Å². The Morgan fingerprint density at radius 3 is 1.12 bits per heavy atom. The van der Waals surface area contributed by atoms with Crippen LogP contribution in [0.3, 0.4) is 0 Å². The first-order valence-electron chi connectivity index (χ1n) is 7.06. The molecule has 3 N–H and O–H groups in total. The van der Waals surface area contributed by atoms with E-state index in [-0.39, 0.29) is 0 Å². The Kier molecular flexibility index (Phi) is 9.70. The molecule has 0 amide bonds. The lowest BCUT2D eigenvalue weighted by Crippen LogP contribution is -2.15. The molecule has 0 unspecified atom stereocenters. The van der Waals surface area contributed by atoms with Crippen molar-refractivity contribution >= 4 is 11.9 Å². The highest BCUT2D eigenvalue weighted by Crippen LogP contribution is 2.01. The lowest BCUT2D eigenvalue weighted by molar-refractivity contribution is -0.306. The smallest absolute Gasteiger partial charge is 0.335 e. The third-order valence-electron chi connectivity index (χ3n) is 2.32. The number of carbonyl (C=O) groups is 2. The third-order valence-corrected chi connectivity index (χ3v) is 2.32. The highest BCUT2D eigenvalue weighted by Gasteiger charge is 2.07. The van der Waals surface area contributed by atoms with Crippen LogP contribution in [0.5, 0.6) is 0 Å². The number of rotatable bonds is 2. The number of hydrogen-bond acceptors (Lipinski definition) is 4. The van der Waals surface area contributed by atoms with Crippen LogP contribution in [0.2, 0.25) is 0 Å². The van der Waals surface area contributed by atoms with Gasteiger partial charge in [0.15, 0.2) is 0 Å². The van der Waals surface area contributed by atoms with E-state index in [4.69, 9.17) is 15.5 Å². The molecule has 6 heteroatoms. The molecular formula is C18H22O6. The fraction of sp³-hybridized carbons (Fsp3) is 0.222. The Hall–Kier alpha value is -2.70. The van der Waals surface area contributed by atoms with Crippen LogP contribution in [-0.4, -0.2) is 33.0 Å². The third kappa shape index (κ3) is 10.9. The molecule has 6 nitrogen and oxygen atoms in total. The van der Waals surface area contributed by atoms with Gasteiger partial charge in [0.2, 0.25) is 0 Å². The molecule has 0 atom stereocenters. The summed E-state index contributed by atoms with van der Waals surface area (Å²) in [6, 6.07) is 16.6. The van der Waals surface area contributed by atoms with Crippen molar-refractivity contribution in [3.8, 4) is 0 Å². The van der Waals surface area contributed by atoms with Crippen LogP contribution in [-0.2, 0) is 4.89 Å².